The highest BCUT2D eigenvalue weighted by atomic mass is 35.5. The van der Waals surface area contributed by atoms with Gasteiger partial charge >= 0.3 is 0 Å². The van der Waals surface area contributed by atoms with Gasteiger partial charge in [-0.05, 0) is 141 Å². The number of nitrogens with two attached hydrogens (primary N) is 1. The number of aromatic nitrogens is 2. The molecular formula is C49H50ClF2N9O4. The average molecular weight is 902 g/mol. The van der Waals surface area contributed by atoms with Crippen LogP contribution in [0.4, 0.5) is 37.6 Å². The molecule has 0 bridgehead atoms. The SMILES string of the molecule is NC(=O)c1ccc(Nc2nc(Nc3ccc(C(=O)NC4CC5(CCN(CC6CCN(c7ccc(C8CCC(=O)NC8=O)cc7F)CC6)CC5)C4)cc3)ncc2F)cc1-c1ccccc1Cl. The van der Waals surface area contributed by atoms with Crippen LogP contribution >= 0.6 is 11.6 Å². The number of nitrogens with zero attached hydrogens (tertiary/aromatic N) is 4. The third-order valence-corrected chi connectivity index (χ3v) is 13.9. The maximum Gasteiger partial charge on any atom is 0.251 e. The zero-order valence-corrected chi connectivity index (χ0v) is 36.5. The minimum absolute atomic E-state index is 0.0929. The molecule has 9 rings (SSSR count). The Kier molecular flexibility index (Phi) is 12.5. The van der Waals surface area contributed by atoms with Gasteiger partial charge in [-0.2, -0.15) is 4.98 Å². The first-order valence-corrected chi connectivity index (χ1v) is 22.5. The number of carbonyl (C=O) groups excluding carboxylic acids is 4. The van der Waals surface area contributed by atoms with Crippen molar-refractivity contribution in [1.82, 2.24) is 25.5 Å². The Labute approximate surface area is 380 Å². The minimum Gasteiger partial charge on any atom is -0.369 e. The first-order valence-electron chi connectivity index (χ1n) is 22.2. The van der Waals surface area contributed by atoms with Crippen LogP contribution in [-0.4, -0.2) is 77.3 Å². The number of amides is 4. The van der Waals surface area contributed by atoms with E-state index in [0.717, 1.165) is 77.4 Å². The predicted molar refractivity (Wildman–Crippen MR) is 245 cm³/mol. The Balaban J connectivity index is 0.713. The van der Waals surface area contributed by atoms with Crippen LogP contribution in [0.2, 0.25) is 5.02 Å². The van der Waals surface area contributed by atoms with Gasteiger partial charge in [0.25, 0.3) is 5.91 Å². The van der Waals surface area contributed by atoms with Crippen LogP contribution in [-0.2, 0) is 9.59 Å². The highest BCUT2D eigenvalue weighted by Crippen LogP contribution is 2.49. The summed E-state index contributed by atoms with van der Waals surface area (Å²) in [5.74, 6) is -2.32. The molecule has 3 aliphatic heterocycles. The van der Waals surface area contributed by atoms with Gasteiger partial charge in [-0.3, -0.25) is 24.5 Å². The van der Waals surface area contributed by atoms with Gasteiger partial charge < -0.3 is 31.5 Å². The maximum absolute atomic E-state index is 15.3. The van der Waals surface area contributed by atoms with Gasteiger partial charge in [-0.1, -0.05) is 35.9 Å². The van der Waals surface area contributed by atoms with Crippen LogP contribution < -0.4 is 31.9 Å². The highest BCUT2D eigenvalue weighted by molar-refractivity contribution is 6.33. The van der Waals surface area contributed by atoms with Crippen LogP contribution in [0.25, 0.3) is 11.1 Å². The fraction of sp³-hybridized carbons (Fsp3) is 0.347. The molecule has 65 heavy (non-hydrogen) atoms. The molecule has 6 N–H and O–H groups in total. The number of benzene rings is 4. The Bertz CT molecular complexity index is 2630. The Morgan fingerprint density at radius 1 is 0.846 bits per heavy atom. The number of hydrogen-bond acceptors (Lipinski definition) is 10. The molecule has 16 heteroatoms. The highest BCUT2D eigenvalue weighted by Gasteiger charge is 2.46. The van der Waals surface area contributed by atoms with Crippen molar-refractivity contribution >= 4 is 64.1 Å². The van der Waals surface area contributed by atoms with Gasteiger partial charge in [0.1, 0.15) is 5.82 Å². The molecule has 1 aliphatic carbocycles. The van der Waals surface area contributed by atoms with Crippen molar-refractivity contribution in [3.8, 4) is 11.1 Å². The van der Waals surface area contributed by atoms with Crippen LogP contribution in [0.15, 0.2) is 91.1 Å². The van der Waals surface area contributed by atoms with Crippen molar-refractivity contribution in [2.24, 2.45) is 17.1 Å². The molecule has 1 spiro atoms. The van der Waals surface area contributed by atoms with Crippen molar-refractivity contribution in [2.45, 2.75) is 63.3 Å². The fourth-order valence-electron chi connectivity index (χ4n) is 9.93. The topological polar surface area (TPSA) is 175 Å². The third kappa shape index (κ3) is 9.81. The van der Waals surface area contributed by atoms with Crippen molar-refractivity contribution in [2.75, 3.05) is 48.3 Å². The molecule has 1 unspecified atom stereocenters. The van der Waals surface area contributed by atoms with E-state index in [2.05, 4.69) is 41.0 Å². The van der Waals surface area contributed by atoms with Crippen molar-refractivity contribution in [3.05, 3.63) is 124 Å². The summed E-state index contributed by atoms with van der Waals surface area (Å²) in [5.41, 5.74) is 10.0. The molecule has 1 aromatic heterocycles. The van der Waals surface area contributed by atoms with Crippen LogP contribution in [0, 0.1) is 23.0 Å². The quantitative estimate of drug-likeness (QED) is 0.0771. The Morgan fingerprint density at radius 3 is 2.29 bits per heavy atom. The molecule has 5 aromatic rings. The average Bonchev–Trinajstić information content (AvgIpc) is 3.28. The summed E-state index contributed by atoms with van der Waals surface area (Å²) in [6.45, 7) is 4.68. The predicted octanol–water partition coefficient (Wildman–Crippen LogP) is 8.07. The molecule has 4 fully saturated rings. The number of likely N-dealkylation sites (tertiary alicyclic amines) is 1. The number of nitrogens with one attached hydrogen (secondary N) is 4. The van der Waals surface area contributed by atoms with E-state index in [4.69, 9.17) is 17.3 Å². The lowest BCUT2D eigenvalue weighted by molar-refractivity contribution is -0.134. The minimum atomic E-state index is -0.688. The van der Waals surface area contributed by atoms with E-state index in [1.54, 1.807) is 72.8 Å². The largest absolute Gasteiger partial charge is 0.369 e. The molecule has 3 saturated heterocycles. The van der Waals surface area contributed by atoms with Gasteiger partial charge in [-0.25, -0.2) is 13.8 Å². The molecule has 4 heterocycles. The second-order valence-corrected chi connectivity index (χ2v) is 18.3. The van der Waals surface area contributed by atoms with E-state index in [1.807, 2.05) is 6.07 Å². The summed E-state index contributed by atoms with van der Waals surface area (Å²) in [6, 6.07) is 24.0. The third-order valence-electron chi connectivity index (χ3n) is 13.6. The Morgan fingerprint density at radius 2 is 1.58 bits per heavy atom. The zero-order chi connectivity index (χ0) is 45.2. The number of piperidine rings is 3. The summed E-state index contributed by atoms with van der Waals surface area (Å²) in [4.78, 5) is 62.4. The number of rotatable bonds is 12. The molecule has 1 atom stereocenters. The zero-order valence-electron chi connectivity index (χ0n) is 35.7. The molecule has 0 radical (unpaired) electrons. The Hall–Kier alpha value is -6.45. The normalized spacial score (nSPS) is 19.1. The second kappa shape index (κ2) is 18.6. The van der Waals surface area contributed by atoms with Crippen LogP contribution in [0.1, 0.15) is 83.6 Å². The first kappa shape index (κ1) is 43.8. The van der Waals surface area contributed by atoms with E-state index in [9.17, 15) is 23.6 Å². The smallest absolute Gasteiger partial charge is 0.251 e. The number of carbonyl (C=O) groups is 4. The van der Waals surface area contributed by atoms with Gasteiger partial charge in [0, 0.05) is 65.2 Å². The van der Waals surface area contributed by atoms with Crippen molar-refractivity contribution in [3.63, 3.8) is 0 Å². The summed E-state index contributed by atoms with van der Waals surface area (Å²) in [7, 11) is 0. The van der Waals surface area contributed by atoms with Crippen LogP contribution in [0.3, 0.4) is 0 Å². The molecule has 4 amide bonds. The molecule has 13 nitrogen and oxygen atoms in total. The van der Waals surface area contributed by atoms with Crippen molar-refractivity contribution < 1.29 is 28.0 Å². The second-order valence-electron chi connectivity index (χ2n) is 17.8. The lowest BCUT2D eigenvalue weighted by Crippen LogP contribution is -2.55. The molecular weight excluding hydrogens is 852 g/mol. The molecule has 4 aliphatic rings. The van der Waals surface area contributed by atoms with E-state index in [-0.39, 0.29) is 58.7 Å². The van der Waals surface area contributed by atoms with Gasteiger partial charge in [0.2, 0.25) is 23.7 Å². The van der Waals surface area contributed by atoms with Gasteiger partial charge in [-0.15, -0.1) is 0 Å². The monoisotopic (exact) mass is 901 g/mol. The molecule has 336 valence electrons. The number of primary amides is 1. The van der Waals surface area contributed by atoms with Crippen LogP contribution in [0.5, 0.6) is 0 Å². The lowest BCUT2D eigenvalue weighted by atomic mass is 9.60. The van der Waals surface area contributed by atoms with E-state index < -0.39 is 17.6 Å². The van der Waals surface area contributed by atoms with Gasteiger partial charge in [0.15, 0.2) is 11.6 Å². The van der Waals surface area contributed by atoms with E-state index in [0.29, 0.717) is 56.7 Å². The lowest BCUT2D eigenvalue weighted by Gasteiger charge is -2.52. The molecule has 1 saturated carbocycles. The summed E-state index contributed by atoms with van der Waals surface area (Å²) in [5, 5.41) is 12.0. The summed E-state index contributed by atoms with van der Waals surface area (Å²) < 4.78 is 30.2. The van der Waals surface area contributed by atoms with Gasteiger partial charge in [0.05, 0.1) is 17.8 Å². The summed E-state index contributed by atoms with van der Waals surface area (Å²) >= 11 is 6.42. The number of imide groups is 1. The number of anilines is 5. The molecule has 4 aromatic carbocycles. The summed E-state index contributed by atoms with van der Waals surface area (Å²) in [6.07, 6.45) is 7.84. The van der Waals surface area contributed by atoms with Crippen molar-refractivity contribution in [1.29, 1.82) is 0 Å². The standard InChI is InChI=1S/C49H50ClF2N9O4/c50-39-4-2-1-3-36(39)38-24-33(10-11-37(38)44(53)63)55-45-41(52)27-54-48(59-45)57-32-8-5-30(6-9-32)46(64)56-34-25-49(26-34)17-21-60(22-18-49)28-29-15-19-61(20-16-29)42-13-7-31(23-40(42)51)35-12-14-43(62)58-47(35)65/h1-11,13,23-24,27,29,34-35H,12,14-22,25-26,28H2,(H2,53,63)(H,56,64)(H,58,62,65)(H2,54,55,57,59). The fourth-order valence-corrected chi connectivity index (χ4v) is 10.2. The van der Waals surface area contributed by atoms with E-state index >= 15 is 4.39 Å². The maximum atomic E-state index is 15.3. The number of halogens is 3. The first-order chi connectivity index (χ1) is 31.4. The van der Waals surface area contributed by atoms with E-state index in [1.165, 1.54) is 6.07 Å². The number of hydrogen-bond donors (Lipinski definition) is 5.